The molecule has 2 heterocycles. The van der Waals surface area contributed by atoms with Crippen LogP contribution < -0.4 is 10.2 Å². The average Bonchev–Trinajstić information content (AvgIpc) is 3.35. The lowest BCUT2D eigenvalue weighted by Crippen LogP contribution is -2.41. The Kier molecular flexibility index (Phi) is 5.67. The molecular formula is C24H29N3O2. The molecule has 2 aromatic rings. The number of benzene rings is 2. The van der Waals surface area contributed by atoms with Crippen molar-refractivity contribution in [1.29, 1.82) is 0 Å². The van der Waals surface area contributed by atoms with Crippen molar-refractivity contribution < 1.29 is 9.59 Å². The number of amides is 2. The van der Waals surface area contributed by atoms with Crippen molar-refractivity contribution >= 4 is 17.5 Å². The van der Waals surface area contributed by atoms with Crippen LogP contribution in [0.4, 0.5) is 5.69 Å². The Morgan fingerprint density at radius 1 is 1.07 bits per heavy atom. The summed E-state index contributed by atoms with van der Waals surface area (Å²) in [6.45, 7) is 6.53. The quantitative estimate of drug-likeness (QED) is 0.851. The zero-order valence-corrected chi connectivity index (χ0v) is 17.2. The number of carbonyl (C=O) groups is 2. The first-order valence-corrected chi connectivity index (χ1v) is 10.5. The number of hydrogen-bond donors (Lipinski definition) is 1. The number of nitrogens with one attached hydrogen (secondary N) is 1. The van der Waals surface area contributed by atoms with Gasteiger partial charge in [-0.2, -0.15) is 0 Å². The lowest BCUT2D eigenvalue weighted by atomic mass is 10.1. The molecule has 0 bridgehead atoms. The average molecular weight is 392 g/mol. The van der Waals surface area contributed by atoms with E-state index in [9.17, 15) is 9.59 Å². The van der Waals surface area contributed by atoms with Crippen LogP contribution in [0, 0.1) is 12.8 Å². The van der Waals surface area contributed by atoms with Gasteiger partial charge in [0.2, 0.25) is 11.8 Å². The fourth-order valence-electron chi connectivity index (χ4n) is 4.38. The number of carbonyl (C=O) groups excluding carboxylic acids is 2. The molecule has 2 aromatic carbocycles. The lowest BCUT2D eigenvalue weighted by molar-refractivity contribution is -0.126. The molecule has 2 amide bonds. The molecule has 29 heavy (non-hydrogen) atoms. The number of likely N-dealkylation sites (tertiary alicyclic amines) is 1. The zero-order chi connectivity index (χ0) is 20.4. The number of nitrogens with zero attached hydrogens (tertiary/aromatic N) is 2. The summed E-state index contributed by atoms with van der Waals surface area (Å²) < 4.78 is 0. The Morgan fingerprint density at radius 2 is 1.79 bits per heavy atom. The highest BCUT2D eigenvalue weighted by Gasteiger charge is 2.37. The molecule has 0 aliphatic carbocycles. The molecule has 2 saturated heterocycles. The van der Waals surface area contributed by atoms with E-state index in [1.54, 1.807) is 4.90 Å². The third kappa shape index (κ3) is 4.35. The van der Waals surface area contributed by atoms with Gasteiger partial charge in [-0.25, -0.2) is 0 Å². The van der Waals surface area contributed by atoms with E-state index >= 15 is 0 Å². The zero-order valence-electron chi connectivity index (χ0n) is 17.2. The molecule has 0 saturated carbocycles. The van der Waals surface area contributed by atoms with Crippen LogP contribution in [0.3, 0.4) is 0 Å². The van der Waals surface area contributed by atoms with E-state index in [4.69, 9.17) is 0 Å². The third-order valence-electron chi connectivity index (χ3n) is 6.24. The second-order valence-electron chi connectivity index (χ2n) is 8.32. The molecular weight excluding hydrogens is 362 g/mol. The maximum absolute atomic E-state index is 12.8. The predicted octanol–water partition coefficient (Wildman–Crippen LogP) is 3.30. The van der Waals surface area contributed by atoms with Gasteiger partial charge in [-0.3, -0.25) is 14.5 Å². The molecule has 2 aliphatic rings. The van der Waals surface area contributed by atoms with Crippen molar-refractivity contribution in [2.45, 2.75) is 38.8 Å². The van der Waals surface area contributed by atoms with E-state index in [0.717, 1.165) is 30.8 Å². The van der Waals surface area contributed by atoms with Gasteiger partial charge in [0.15, 0.2) is 0 Å². The molecule has 3 atom stereocenters. The Labute approximate surface area is 172 Å². The fourth-order valence-corrected chi connectivity index (χ4v) is 4.38. The van der Waals surface area contributed by atoms with Crippen LogP contribution in [-0.2, 0) is 9.59 Å². The molecule has 0 radical (unpaired) electrons. The molecule has 2 aliphatic heterocycles. The molecule has 3 unspecified atom stereocenters. The SMILES string of the molecule is Cc1ccc(N2CC(C(=O)NC3CCN(C(C)c4ccccc4)C3)CC2=O)cc1. The van der Waals surface area contributed by atoms with Crippen LogP contribution in [0.2, 0.25) is 0 Å². The van der Waals surface area contributed by atoms with Gasteiger partial charge in [0.25, 0.3) is 0 Å². The van der Waals surface area contributed by atoms with Crippen molar-refractivity contribution in [2.24, 2.45) is 5.92 Å². The second-order valence-corrected chi connectivity index (χ2v) is 8.32. The van der Waals surface area contributed by atoms with Crippen LogP contribution >= 0.6 is 0 Å². The van der Waals surface area contributed by atoms with Crippen LogP contribution in [0.1, 0.15) is 36.9 Å². The first-order chi connectivity index (χ1) is 14.0. The van der Waals surface area contributed by atoms with Crippen molar-refractivity contribution in [2.75, 3.05) is 24.5 Å². The van der Waals surface area contributed by atoms with Gasteiger partial charge in [-0.15, -0.1) is 0 Å². The van der Waals surface area contributed by atoms with Gasteiger partial charge >= 0.3 is 0 Å². The van der Waals surface area contributed by atoms with Gasteiger partial charge in [-0.05, 0) is 38.0 Å². The van der Waals surface area contributed by atoms with Gasteiger partial charge in [0.1, 0.15) is 0 Å². The van der Waals surface area contributed by atoms with Crippen LogP contribution in [0.5, 0.6) is 0 Å². The standard InChI is InChI=1S/C24H29N3O2/c1-17-8-10-22(11-9-17)27-15-20(14-23(27)28)24(29)25-21-12-13-26(16-21)18(2)19-6-4-3-5-7-19/h3-11,18,20-21H,12-16H2,1-2H3,(H,25,29). The van der Waals surface area contributed by atoms with Gasteiger partial charge < -0.3 is 10.2 Å². The Bertz CT molecular complexity index is 865. The summed E-state index contributed by atoms with van der Waals surface area (Å²) in [5.41, 5.74) is 3.33. The van der Waals surface area contributed by atoms with Crippen LogP contribution in [0.15, 0.2) is 54.6 Å². The summed E-state index contributed by atoms with van der Waals surface area (Å²) in [5.74, 6) is -0.240. The number of hydrogen-bond acceptors (Lipinski definition) is 3. The Hall–Kier alpha value is -2.66. The summed E-state index contributed by atoms with van der Waals surface area (Å²) in [6, 6.07) is 18.9. The van der Waals surface area contributed by atoms with Gasteiger partial charge in [-0.1, -0.05) is 48.0 Å². The second kappa shape index (κ2) is 8.37. The molecule has 0 aromatic heterocycles. The highest BCUT2D eigenvalue weighted by Crippen LogP contribution is 2.27. The van der Waals surface area contributed by atoms with Crippen molar-refractivity contribution in [3.63, 3.8) is 0 Å². The van der Waals surface area contributed by atoms with E-state index in [-0.39, 0.29) is 30.2 Å². The number of anilines is 1. The molecule has 0 spiro atoms. The molecule has 5 nitrogen and oxygen atoms in total. The topological polar surface area (TPSA) is 52.7 Å². The Balaban J connectivity index is 1.32. The first-order valence-electron chi connectivity index (χ1n) is 10.5. The van der Waals surface area contributed by atoms with E-state index in [1.165, 1.54) is 5.56 Å². The smallest absolute Gasteiger partial charge is 0.227 e. The molecule has 4 rings (SSSR count). The normalized spacial score (nSPS) is 23.4. The highest BCUT2D eigenvalue weighted by atomic mass is 16.2. The minimum Gasteiger partial charge on any atom is -0.352 e. The molecule has 5 heteroatoms. The minimum atomic E-state index is -0.274. The summed E-state index contributed by atoms with van der Waals surface area (Å²) in [7, 11) is 0. The van der Waals surface area contributed by atoms with Crippen LogP contribution in [0.25, 0.3) is 0 Å². The highest BCUT2D eigenvalue weighted by molar-refractivity contribution is 6.00. The maximum atomic E-state index is 12.8. The number of aryl methyl sites for hydroxylation is 1. The van der Waals surface area contributed by atoms with E-state index in [0.29, 0.717) is 12.6 Å². The summed E-state index contributed by atoms with van der Waals surface area (Å²) >= 11 is 0. The van der Waals surface area contributed by atoms with E-state index < -0.39 is 0 Å². The van der Waals surface area contributed by atoms with Crippen molar-refractivity contribution in [1.82, 2.24) is 10.2 Å². The summed E-state index contributed by atoms with van der Waals surface area (Å²) in [5, 5.41) is 3.20. The Morgan fingerprint density at radius 3 is 2.52 bits per heavy atom. The predicted molar refractivity (Wildman–Crippen MR) is 115 cm³/mol. The van der Waals surface area contributed by atoms with Gasteiger partial charge in [0, 0.05) is 43.8 Å². The first kappa shape index (κ1) is 19.6. The van der Waals surface area contributed by atoms with E-state index in [1.807, 2.05) is 37.3 Å². The third-order valence-corrected chi connectivity index (χ3v) is 6.24. The van der Waals surface area contributed by atoms with Gasteiger partial charge in [0.05, 0.1) is 5.92 Å². The fraction of sp³-hybridized carbons (Fsp3) is 0.417. The van der Waals surface area contributed by atoms with E-state index in [2.05, 4.69) is 41.4 Å². The monoisotopic (exact) mass is 391 g/mol. The minimum absolute atomic E-state index is 0.00664. The van der Waals surface area contributed by atoms with Crippen molar-refractivity contribution in [3.05, 3.63) is 65.7 Å². The summed E-state index contributed by atoms with van der Waals surface area (Å²) in [4.78, 5) is 29.4. The summed E-state index contributed by atoms with van der Waals surface area (Å²) in [6.07, 6.45) is 1.24. The van der Waals surface area contributed by atoms with Crippen LogP contribution in [-0.4, -0.2) is 42.4 Å². The number of rotatable bonds is 5. The van der Waals surface area contributed by atoms with Crippen molar-refractivity contribution in [3.8, 4) is 0 Å². The molecule has 152 valence electrons. The largest absolute Gasteiger partial charge is 0.352 e. The lowest BCUT2D eigenvalue weighted by Gasteiger charge is -2.25. The molecule has 1 N–H and O–H groups in total. The molecule has 2 fully saturated rings. The maximum Gasteiger partial charge on any atom is 0.227 e.